The Labute approximate surface area is 245 Å². The molecule has 230 valence electrons. The second kappa shape index (κ2) is 11.4. The highest BCUT2D eigenvalue weighted by molar-refractivity contribution is 8.00. The smallest absolute Gasteiger partial charge is 0.408 e. The summed E-state index contributed by atoms with van der Waals surface area (Å²) in [5.41, 5.74) is -2.27. The van der Waals surface area contributed by atoms with Crippen LogP contribution in [0, 0.1) is 5.92 Å². The van der Waals surface area contributed by atoms with Crippen molar-refractivity contribution in [1.82, 2.24) is 20.3 Å². The van der Waals surface area contributed by atoms with Crippen LogP contribution in [0.4, 0.5) is 4.79 Å². The van der Waals surface area contributed by atoms with E-state index in [4.69, 9.17) is 4.74 Å². The molecule has 2 aliphatic heterocycles. The molecule has 4 aliphatic rings. The number of carbonyl (C=O) groups is 4. The largest absolute Gasteiger partial charge is 0.444 e. The van der Waals surface area contributed by atoms with Crippen molar-refractivity contribution in [2.24, 2.45) is 5.92 Å². The molecular formula is C27H42N4O8S2. The van der Waals surface area contributed by atoms with Gasteiger partial charge in [0.1, 0.15) is 23.2 Å². The zero-order valence-electron chi connectivity index (χ0n) is 24.3. The lowest BCUT2D eigenvalue weighted by Gasteiger charge is -2.37. The van der Waals surface area contributed by atoms with Gasteiger partial charge in [0.05, 0.1) is 11.4 Å². The summed E-state index contributed by atoms with van der Waals surface area (Å²) in [6.45, 7) is 8.67. The highest BCUT2D eigenvalue weighted by Gasteiger charge is 2.62. The lowest BCUT2D eigenvalue weighted by atomic mass is 10.0. The van der Waals surface area contributed by atoms with Crippen LogP contribution in [0.5, 0.6) is 0 Å². The molecule has 2 saturated carbocycles. The Hall–Kier alpha value is -2.32. The van der Waals surface area contributed by atoms with Crippen molar-refractivity contribution < 1.29 is 37.4 Å². The summed E-state index contributed by atoms with van der Waals surface area (Å²) in [5, 5.41) is 15.4. The van der Waals surface area contributed by atoms with Crippen LogP contribution in [0.3, 0.4) is 0 Å². The minimum absolute atomic E-state index is 0.0666. The van der Waals surface area contributed by atoms with Gasteiger partial charge in [0.2, 0.25) is 21.8 Å². The van der Waals surface area contributed by atoms with Crippen LogP contribution in [0.1, 0.15) is 73.1 Å². The van der Waals surface area contributed by atoms with Crippen LogP contribution < -0.4 is 15.4 Å². The molecule has 0 aromatic heterocycles. The molecule has 2 aliphatic carbocycles. The predicted octanol–water partition coefficient (Wildman–Crippen LogP) is 1.19. The third kappa shape index (κ3) is 7.37. The molecule has 0 unspecified atom stereocenters. The maximum atomic E-state index is 14.0. The number of ether oxygens (including phenoxy) is 1. The number of fused-ring (bicyclic) bond motifs is 2. The second-order valence-corrected chi connectivity index (χ2v) is 16.7. The van der Waals surface area contributed by atoms with Crippen molar-refractivity contribution in [3.05, 3.63) is 12.2 Å². The van der Waals surface area contributed by atoms with Gasteiger partial charge in [-0.3, -0.25) is 19.1 Å². The number of amides is 4. The highest BCUT2D eigenvalue weighted by atomic mass is 32.2. The first-order chi connectivity index (χ1) is 18.9. The van der Waals surface area contributed by atoms with E-state index in [-0.39, 0.29) is 19.4 Å². The van der Waals surface area contributed by atoms with Gasteiger partial charge < -0.3 is 25.4 Å². The molecule has 4 N–H and O–H groups in total. The number of sulfonamides is 1. The van der Waals surface area contributed by atoms with Crippen LogP contribution in [-0.2, 0) is 29.1 Å². The Balaban J connectivity index is 1.63. The fourth-order valence-corrected chi connectivity index (χ4v) is 7.80. The Bertz CT molecular complexity index is 1210. The molecule has 4 amide bonds. The Morgan fingerprint density at radius 1 is 1.22 bits per heavy atom. The summed E-state index contributed by atoms with van der Waals surface area (Å²) < 4.78 is 31.8. The van der Waals surface area contributed by atoms with Gasteiger partial charge in [-0.25, -0.2) is 13.2 Å². The van der Waals surface area contributed by atoms with Crippen molar-refractivity contribution in [3.8, 4) is 0 Å². The van der Waals surface area contributed by atoms with E-state index in [1.165, 1.54) is 16.7 Å². The van der Waals surface area contributed by atoms with Gasteiger partial charge in [0.25, 0.3) is 5.91 Å². The van der Waals surface area contributed by atoms with Crippen LogP contribution >= 0.6 is 11.8 Å². The van der Waals surface area contributed by atoms with E-state index in [1.54, 1.807) is 20.8 Å². The topological polar surface area (TPSA) is 171 Å². The van der Waals surface area contributed by atoms with Gasteiger partial charge in [-0.15, -0.1) is 0 Å². The molecule has 2 heterocycles. The van der Waals surface area contributed by atoms with Gasteiger partial charge in [0.15, 0.2) is 0 Å². The second-order valence-electron chi connectivity index (χ2n) is 12.9. The summed E-state index contributed by atoms with van der Waals surface area (Å²) in [4.78, 5) is 55.0. The zero-order chi connectivity index (χ0) is 30.4. The van der Waals surface area contributed by atoms with Crippen LogP contribution in [-0.4, -0.2) is 93.9 Å². The van der Waals surface area contributed by atoms with Gasteiger partial charge in [-0.2, -0.15) is 11.8 Å². The molecule has 12 nitrogen and oxygen atoms in total. The number of aliphatic hydroxyl groups excluding tert-OH is 1. The number of hydrogen-bond acceptors (Lipinski definition) is 9. The van der Waals surface area contributed by atoms with Crippen molar-refractivity contribution in [2.45, 2.75) is 112 Å². The van der Waals surface area contributed by atoms with Crippen molar-refractivity contribution in [3.63, 3.8) is 0 Å². The number of thioether (sulfide) groups is 1. The first kappa shape index (κ1) is 31.6. The van der Waals surface area contributed by atoms with E-state index in [2.05, 4.69) is 15.4 Å². The average Bonchev–Trinajstić information content (AvgIpc) is 3.75. The van der Waals surface area contributed by atoms with E-state index in [9.17, 15) is 32.7 Å². The number of nitrogens with zero attached hydrogens (tertiary/aromatic N) is 1. The molecule has 14 heteroatoms. The zero-order valence-corrected chi connectivity index (χ0v) is 25.9. The minimum Gasteiger partial charge on any atom is -0.444 e. The SMILES string of the molecule is CC(C)(C)OC(=O)N[C@@H]1C(=O)N2C[C@H](O)C[C@H]2C(=O)N[C@]2(C(=O)NS(=O)(=O)C3CC3)C[C@@H]2/C=C\CCCSC1(C)C. The van der Waals surface area contributed by atoms with Crippen molar-refractivity contribution in [2.75, 3.05) is 12.3 Å². The fraction of sp³-hybridized carbons (Fsp3) is 0.778. The Morgan fingerprint density at radius 3 is 2.54 bits per heavy atom. The highest BCUT2D eigenvalue weighted by Crippen LogP contribution is 2.46. The number of alkyl carbamates (subject to hydrolysis) is 1. The number of hydrogen-bond donors (Lipinski definition) is 4. The maximum Gasteiger partial charge on any atom is 0.408 e. The first-order valence-electron chi connectivity index (χ1n) is 14.1. The summed E-state index contributed by atoms with van der Waals surface area (Å²) in [5.74, 6) is -1.77. The molecule has 1 saturated heterocycles. The first-order valence-corrected chi connectivity index (χ1v) is 16.7. The van der Waals surface area contributed by atoms with Gasteiger partial charge in [-0.1, -0.05) is 12.2 Å². The van der Waals surface area contributed by atoms with E-state index >= 15 is 0 Å². The van der Waals surface area contributed by atoms with Crippen LogP contribution in [0.15, 0.2) is 12.2 Å². The van der Waals surface area contributed by atoms with Gasteiger partial charge >= 0.3 is 6.09 Å². The standard InChI is InChI=1S/C27H42N4O8S2/c1-25(2,3)39-24(36)28-20-22(34)31-15-17(32)13-19(31)21(33)29-27(23(35)30-41(37,38)18-10-11-18)14-16(27)9-7-6-8-12-40-26(20,4)5/h7,9,16-20,32H,6,8,10-15H2,1-5H3,(H,28,36)(H,29,33)(H,30,35)/b9-7-/t16-,17+,19-,20+,27+/m0/s1. The van der Waals surface area contributed by atoms with Gasteiger partial charge in [0, 0.05) is 23.6 Å². The third-order valence-corrected chi connectivity index (χ3v) is 11.1. The molecule has 5 atom stereocenters. The van der Waals surface area contributed by atoms with E-state index in [0.29, 0.717) is 25.0 Å². The summed E-state index contributed by atoms with van der Waals surface area (Å²) in [6.07, 6.45) is 4.51. The third-order valence-electron chi connectivity index (χ3n) is 7.79. The van der Waals surface area contributed by atoms with Crippen LogP contribution in [0.2, 0.25) is 0 Å². The summed E-state index contributed by atoms with van der Waals surface area (Å²) >= 11 is 1.50. The average molecular weight is 615 g/mol. The molecule has 3 fully saturated rings. The molecule has 4 rings (SSSR count). The molecule has 0 aromatic carbocycles. The number of nitrogens with one attached hydrogen (secondary N) is 3. The van der Waals surface area contributed by atoms with E-state index in [0.717, 1.165) is 6.42 Å². The summed E-state index contributed by atoms with van der Waals surface area (Å²) in [7, 11) is -3.84. The molecule has 0 spiro atoms. The number of allylic oxidation sites excluding steroid dienone is 1. The lowest BCUT2D eigenvalue weighted by Crippen LogP contribution is -2.61. The molecule has 41 heavy (non-hydrogen) atoms. The monoisotopic (exact) mass is 614 g/mol. The molecule has 0 bridgehead atoms. The molecular weight excluding hydrogens is 572 g/mol. The van der Waals surface area contributed by atoms with Gasteiger partial charge in [-0.05, 0) is 72.5 Å². The predicted molar refractivity (Wildman–Crippen MR) is 153 cm³/mol. The quantitative estimate of drug-likeness (QED) is 0.340. The minimum atomic E-state index is -3.84. The fourth-order valence-electron chi connectivity index (χ4n) is 5.28. The number of carbonyl (C=O) groups excluding carboxylic acids is 4. The molecule has 0 aromatic rings. The molecule has 0 radical (unpaired) electrons. The van der Waals surface area contributed by atoms with Crippen molar-refractivity contribution in [1.29, 1.82) is 0 Å². The van der Waals surface area contributed by atoms with E-state index in [1.807, 2.05) is 26.0 Å². The normalized spacial score (nSPS) is 33.3. The van der Waals surface area contributed by atoms with Crippen molar-refractivity contribution >= 4 is 45.6 Å². The maximum absolute atomic E-state index is 14.0. The number of rotatable bonds is 4. The number of aliphatic hydroxyl groups is 1. The lowest BCUT2D eigenvalue weighted by molar-refractivity contribution is -0.141. The van der Waals surface area contributed by atoms with Crippen LogP contribution in [0.25, 0.3) is 0 Å². The van der Waals surface area contributed by atoms with E-state index < -0.39 is 79.1 Å². The Kier molecular flexibility index (Phi) is 8.79. The Morgan fingerprint density at radius 2 is 1.90 bits per heavy atom. The summed E-state index contributed by atoms with van der Waals surface area (Å²) in [6, 6.07) is -2.21.